The molecule has 0 atom stereocenters. The first-order valence-corrected chi connectivity index (χ1v) is 5.60. The molecular weight excluding hydrogens is 278 g/mol. The van der Waals surface area contributed by atoms with E-state index in [0.29, 0.717) is 29.9 Å². The summed E-state index contributed by atoms with van der Waals surface area (Å²) >= 11 is 3.20. The van der Waals surface area contributed by atoms with Crippen LogP contribution in [-0.4, -0.2) is 41.3 Å². The van der Waals surface area contributed by atoms with Crippen LogP contribution < -0.4 is 10.9 Å². The topological polar surface area (TPSA) is 76.4 Å². The highest BCUT2D eigenvalue weighted by molar-refractivity contribution is 9.10. The van der Waals surface area contributed by atoms with Crippen molar-refractivity contribution >= 4 is 21.6 Å². The lowest BCUT2D eigenvalue weighted by Gasteiger charge is -2.08. The Morgan fingerprint density at radius 1 is 1.62 bits per heavy atom. The molecule has 0 amide bonds. The van der Waals surface area contributed by atoms with Crippen LogP contribution in [0, 0.1) is 0 Å². The van der Waals surface area contributed by atoms with Gasteiger partial charge in [-0.1, -0.05) is 0 Å². The average Bonchev–Trinajstić information content (AvgIpc) is 2.28. The fourth-order valence-electron chi connectivity index (χ4n) is 1.06. The monoisotopic (exact) mass is 291 g/mol. The molecule has 0 fully saturated rings. The molecule has 0 radical (unpaired) electrons. The van der Waals surface area contributed by atoms with E-state index in [1.165, 1.54) is 4.68 Å². The summed E-state index contributed by atoms with van der Waals surface area (Å²) in [6.45, 7) is 1.34. The molecule has 16 heavy (non-hydrogen) atoms. The Morgan fingerprint density at radius 3 is 3.06 bits per heavy atom. The van der Waals surface area contributed by atoms with Crippen molar-refractivity contribution in [3.05, 3.63) is 21.0 Å². The van der Waals surface area contributed by atoms with Crippen LogP contribution >= 0.6 is 15.9 Å². The number of halogens is 1. The van der Waals surface area contributed by atoms with E-state index in [1.807, 2.05) is 0 Å². The van der Waals surface area contributed by atoms with Gasteiger partial charge in [0.05, 0.1) is 31.7 Å². The van der Waals surface area contributed by atoms with Gasteiger partial charge in [-0.25, -0.2) is 4.68 Å². The zero-order valence-corrected chi connectivity index (χ0v) is 10.5. The Balaban J connectivity index is 2.49. The summed E-state index contributed by atoms with van der Waals surface area (Å²) in [6.07, 6.45) is 1.57. The number of aliphatic hydroxyl groups is 1. The predicted octanol–water partition coefficient (Wildman–Crippen LogP) is -0.0364. The van der Waals surface area contributed by atoms with E-state index in [4.69, 9.17) is 9.84 Å². The molecule has 0 bridgehead atoms. The van der Waals surface area contributed by atoms with E-state index in [0.717, 1.165) is 0 Å². The number of hydrogen-bond acceptors (Lipinski definition) is 5. The van der Waals surface area contributed by atoms with E-state index in [-0.39, 0.29) is 12.2 Å². The number of hydrogen-bond donors (Lipinski definition) is 2. The van der Waals surface area contributed by atoms with Gasteiger partial charge in [-0.3, -0.25) is 4.79 Å². The minimum Gasteiger partial charge on any atom is -0.394 e. The Hall–Kier alpha value is -0.920. The van der Waals surface area contributed by atoms with Gasteiger partial charge in [0.1, 0.15) is 4.47 Å². The highest BCUT2D eigenvalue weighted by atomic mass is 79.9. The lowest BCUT2D eigenvalue weighted by Crippen LogP contribution is -2.22. The summed E-state index contributed by atoms with van der Waals surface area (Å²) in [5, 5.41) is 15.4. The molecule has 0 aliphatic rings. The number of nitrogens with zero attached hydrogens (tertiary/aromatic N) is 2. The van der Waals surface area contributed by atoms with E-state index < -0.39 is 0 Å². The number of anilines is 1. The summed E-state index contributed by atoms with van der Waals surface area (Å²) in [5.41, 5.74) is 0.442. The van der Waals surface area contributed by atoms with Gasteiger partial charge >= 0.3 is 0 Å². The number of rotatable bonds is 6. The molecule has 2 N–H and O–H groups in total. The highest BCUT2D eigenvalue weighted by Crippen LogP contribution is 2.14. The highest BCUT2D eigenvalue weighted by Gasteiger charge is 2.05. The molecule has 0 aliphatic carbocycles. The van der Waals surface area contributed by atoms with Crippen molar-refractivity contribution < 1.29 is 9.84 Å². The van der Waals surface area contributed by atoms with E-state index >= 15 is 0 Å². The van der Waals surface area contributed by atoms with Gasteiger partial charge in [0.15, 0.2) is 0 Å². The number of aliphatic hydroxyl groups excluding tert-OH is 1. The molecule has 0 spiro atoms. The first-order valence-electron chi connectivity index (χ1n) is 4.81. The SMILES string of the molecule is Cn1ncc(NCCOCCO)c(Br)c1=O. The maximum atomic E-state index is 11.5. The third-order valence-electron chi connectivity index (χ3n) is 1.88. The molecular formula is C9H14BrN3O3. The minimum absolute atomic E-state index is 0.0110. The lowest BCUT2D eigenvalue weighted by molar-refractivity contribution is 0.0992. The van der Waals surface area contributed by atoms with Crippen molar-refractivity contribution in [3.8, 4) is 0 Å². The van der Waals surface area contributed by atoms with Crippen molar-refractivity contribution in [1.82, 2.24) is 9.78 Å². The van der Waals surface area contributed by atoms with Crippen LogP contribution in [-0.2, 0) is 11.8 Å². The van der Waals surface area contributed by atoms with Gasteiger partial charge in [0, 0.05) is 13.6 Å². The Kier molecular flexibility index (Phi) is 5.44. The van der Waals surface area contributed by atoms with Gasteiger partial charge in [-0.15, -0.1) is 0 Å². The second-order valence-electron chi connectivity index (χ2n) is 3.06. The molecule has 0 saturated heterocycles. The number of ether oxygens (including phenoxy) is 1. The standard InChI is InChI=1S/C9H14BrN3O3/c1-13-9(15)8(10)7(6-12-13)11-2-4-16-5-3-14/h6,11,14H,2-5H2,1H3. The second kappa shape index (κ2) is 6.62. The molecule has 0 saturated carbocycles. The average molecular weight is 292 g/mol. The van der Waals surface area contributed by atoms with Crippen molar-refractivity contribution in [2.45, 2.75) is 0 Å². The van der Waals surface area contributed by atoms with E-state index in [9.17, 15) is 4.79 Å². The molecule has 90 valence electrons. The fraction of sp³-hybridized carbons (Fsp3) is 0.556. The summed E-state index contributed by atoms with van der Waals surface area (Å²) in [7, 11) is 1.58. The van der Waals surface area contributed by atoms with Crippen molar-refractivity contribution in [1.29, 1.82) is 0 Å². The molecule has 1 heterocycles. The first kappa shape index (κ1) is 13.1. The van der Waals surface area contributed by atoms with Crippen LogP contribution in [0.5, 0.6) is 0 Å². The molecule has 0 aliphatic heterocycles. The lowest BCUT2D eigenvalue weighted by atomic mass is 10.4. The largest absolute Gasteiger partial charge is 0.394 e. The zero-order valence-electron chi connectivity index (χ0n) is 8.94. The number of aryl methyl sites for hydroxylation is 1. The molecule has 1 aromatic rings. The summed E-state index contributed by atoms with van der Waals surface area (Å²) in [6, 6.07) is 0. The molecule has 1 aromatic heterocycles. The van der Waals surface area contributed by atoms with Crippen LogP contribution in [0.15, 0.2) is 15.5 Å². The van der Waals surface area contributed by atoms with Gasteiger partial charge < -0.3 is 15.2 Å². The predicted molar refractivity (Wildman–Crippen MR) is 63.6 cm³/mol. The van der Waals surface area contributed by atoms with Crippen molar-refractivity contribution in [2.24, 2.45) is 7.05 Å². The third kappa shape index (κ3) is 3.58. The van der Waals surface area contributed by atoms with Gasteiger partial charge in [0.25, 0.3) is 5.56 Å². The van der Waals surface area contributed by atoms with Crippen LogP contribution in [0.4, 0.5) is 5.69 Å². The molecule has 0 unspecified atom stereocenters. The molecule has 6 nitrogen and oxygen atoms in total. The van der Waals surface area contributed by atoms with Crippen molar-refractivity contribution in [2.75, 3.05) is 31.7 Å². The maximum Gasteiger partial charge on any atom is 0.282 e. The maximum absolute atomic E-state index is 11.5. The minimum atomic E-state index is -0.193. The Morgan fingerprint density at radius 2 is 2.38 bits per heavy atom. The quantitative estimate of drug-likeness (QED) is 0.720. The van der Waals surface area contributed by atoms with E-state index in [2.05, 4.69) is 26.3 Å². The third-order valence-corrected chi connectivity index (χ3v) is 2.64. The number of aromatic nitrogens is 2. The first-order chi connectivity index (χ1) is 7.66. The zero-order chi connectivity index (χ0) is 12.0. The van der Waals surface area contributed by atoms with Crippen LogP contribution in [0.25, 0.3) is 0 Å². The molecule has 7 heteroatoms. The molecule has 0 aromatic carbocycles. The summed E-state index contributed by atoms with van der Waals surface area (Å²) in [5.74, 6) is 0. The van der Waals surface area contributed by atoms with Gasteiger partial charge in [0.2, 0.25) is 0 Å². The van der Waals surface area contributed by atoms with Crippen LogP contribution in [0.3, 0.4) is 0 Å². The fourth-order valence-corrected chi connectivity index (χ4v) is 1.56. The van der Waals surface area contributed by atoms with Gasteiger partial charge in [-0.05, 0) is 15.9 Å². The Bertz CT molecular complexity index is 394. The second-order valence-corrected chi connectivity index (χ2v) is 3.86. The summed E-state index contributed by atoms with van der Waals surface area (Å²) in [4.78, 5) is 11.5. The van der Waals surface area contributed by atoms with Crippen LogP contribution in [0.2, 0.25) is 0 Å². The van der Waals surface area contributed by atoms with Gasteiger partial charge in [-0.2, -0.15) is 5.10 Å². The normalized spacial score (nSPS) is 10.4. The van der Waals surface area contributed by atoms with Crippen molar-refractivity contribution in [3.63, 3.8) is 0 Å². The number of nitrogens with one attached hydrogen (secondary N) is 1. The summed E-state index contributed by atoms with van der Waals surface area (Å²) < 4.78 is 6.77. The smallest absolute Gasteiger partial charge is 0.282 e. The van der Waals surface area contributed by atoms with Crippen LogP contribution in [0.1, 0.15) is 0 Å². The molecule has 1 rings (SSSR count). The Labute approximate surface area is 101 Å². The van der Waals surface area contributed by atoms with E-state index in [1.54, 1.807) is 13.2 Å².